The van der Waals surface area contributed by atoms with Gasteiger partial charge in [-0.2, -0.15) is 0 Å². The van der Waals surface area contributed by atoms with Crippen LogP contribution in [0.4, 0.5) is 11.4 Å². The summed E-state index contributed by atoms with van der Waals surface area (Å²) in [6.45, 7) is 4.97. The largest absolute Gasteiger partial charge is 0.383 e. The Morgan fingerprint density at radius 3 is 2.29 bits per heavy atom. The zero-order valence-electron chi connectivity index (χ0n) is 18.1. The summed E-state index contributed by atoms with van der Waals surface area (Å²) in [5, 5.41) is 3.22. The van der Waals surface area contributed by atoms with E-state index in [9.17, 15) is 9.59 Å². The van der Waals surface area contributed by atoms with E-state index >= 15 is 0 Å². The molecule has 2 aromatic rings. The fourth-order valence-corrected chi connectivity index (χ4v) is 4.12. The molecule has 6 heteroatoms. The summed E-state index contributed by atoms with van der Waals surface area (Å²) in [5.74, 6) is 0.164. The molecule has 1 fully saturated rings. The molecule has 6 nitrogen and oxygen atoms in total. The number of anilines is 2. The number of methoxy groups -OCH3 is 1. The van der Waals surface area contributed by atoms with Crippen molar-refractivity contribution in [1.29, 1.82) is 0 Å². The van der Waals surface area contributed by atoms with Gasteiger partial charge >= 0.3 is 0 Å². The van der Waals surface area contributed by atoms with Gasteiger partial charge in [0.1, 0.15) is 5.70 Å². The van der Waals surface area contributed by atoms with E-state index in [0.29, 0.717) is 17.9 Å². The fourth-order valence-electron chi connectivity index (χ4n) is 4.12. The molecule has 0 saturated carbocycles. The maximum absolute atomic E-state index is 13.1. The van der Waals surface area contributed by atoms with Crippen LogP contribution in [-0.4, -0.2) is 50.1 Å². The van der Waals surface area contributed by atoms with Crippen molar-refractivity contribution >= 4 is 28.8 Å². The zero-order chi connectivity index (χ0) is 21.8. The van der Waals surface area contributed by atoms with Gasteiger partial charge in [0, 0.05) is 31.6 Å². The van der Waals surface area contributed by atoms with Crippen LogP contribution in [0, 0.1) is 5.92 Å². The van der Waals surface area contributed by atoms with Crippen molar-refractivity contribution in [3.8, 4) is 0 Å². The summed E-state index contributed by atoms with van der Waals surface area (Å²) >= 11 is 0. The Hall–Kier alpha value is -3.12. The van der Waals surface area contributed by atoms with Crippen molar-refractivity contribution in [3.05, 3.63) is 65.9 Å². The number of nitrogens with one attached hydrogen (secondary N) is 1. The second-order valence-electron chi connectivity index (χ2n) is 8.21. The molecule has 0 unspecified atom stereocenters. The van der Waals surface area contributed by atoms with Crippen LogP contribution in [0.1, 0.15) is 25.3 Å². The second-order valence-corrected chi connectivity index (χ2v) is 8.21. The number of ether oxygens (including phenoxy) is 1. The first-order valence-corrected chi connectivity index (χ1v) is 10.9. The predicted molar refractivity (Wildman–Crippen MR) is 123 cm³/mol. The van der Waals surface area contributed by atoms with Gasteiger partial charge in [0.25, 0.3) is 11.8 Å². The molecule has 2 aromatic carbocycles. The molecule has 2 aliphatic heterocycles. The van der Waals surface area contributed by atoms with Crippen LogP contribution in [0.25, 0.3) is 5.57 Å². The van der Waals surface area contributed by atoms with Gasteiger partial charge < -0.3 is 15.0 Å². The van der Waals surface area contributed by atoms with E-state index in [1.54, 1.807) is 7.11 Å². The molecule has 2 amide bonds. The maximum atomic E-state index is 13.1. The van der Waals surface area contributed by atoms with Gasteiger partial charge in [0.05, 0.1) is 18.7 Å². The molecule has 162 valence electrons. The van der Waals surface area contributed by atoms with E-state index in [1.807, 2.05) is 42.5 Å². The molecule has 2 aliphatic rings. The lowest BCUT2D eigenvalue weighted by Gasteiger charge is -2.32. The van der Waals surface area contributed by atoms with Crippen LogP contribution < -0.4 is 10.2 Å². The number of amides is 2. The molecular weight excluding hydrogens is 390 g/mol. The van der Waals surface area contributed by atoms with E-state index < -0.39 is 0 Å². The number of carbonyl (C=O) groups excluding carboxylic acids is 2. The minimum absolute atomic E-state index is 0.224. The number of rotatable bonds is 7. The highest BCUT2D eigenvalue weighted by molar-refractivity contribution is 6.36. The van der Waals surface area contributed by atoms with Crippen LogP contribution in [-0.2, 0) is 14.3 Å². The fraction of sp³-hybridized carbons (Fsp3) is 0.360. The van der Waals surface area contributed by atoms with Crippen LogP contribution in [0.2, 0.25) is 0 Å². The minimum Gasteiger partial charge on any atom is -0.383 e. The topological polar surface area (TPSA) is 61.9 Å². The Labute approximate surface area is 183 Å². The van der Waals surface area contributed by atoms with Gasteiger partial charge in [-0.3, -0.25) is 14.5 Å². The third kappa shape index (κ3) is 4.49. The molecule has 0 atom stereocenters. The molecular formula is C25H29N3O3. The minimum atomic E-state index is -0.324. The highest BCUT2D eigenvalue weighted by Crippen LogP contribution is 2.31. The quantitative estimate of drug-likeness (QED) is 0.693. The van der Waals surface area contributed by atoms with E-state index in [-0.39, 0.29) is 18.4 Å². The Balaban J connectivity index is 1.58. The highest BCUT2D eigenvalue weighted by atomic mass is 16.5. The lowest BCUT2D eigenvalue weighted by Crippen LogP contribution is -2.35. The van der Waals surface area contributed by atoms with Crippen molar-refractivity contribution in [2.45, 2.75) is 19.8 Å². The third-order valence-corrected chi connectivity index (χ3v) is 6.03. The Bertz CT molecular complexity index is 961. The van der Waals surface area contributed by atoms with Gasteiger partial charge in [0.15, 0.2) is 0 Å². The van der Waals surface area contributed by atoms with Crippen LogP contribution in [0.5, 0.6) is 0 Å². The SMILES string of the molecule is COCCN1C(=O)C(Nc2ccc(N3CCC(C)CC3)cc2)=C(c2ccccc2)C1=O. The van der Waals surface area contributed by atoms with E-state index in [2.05, 4.69) is 29.3 Å². The summed E-state index contributed by atoms with van der Waals surface area (Å²) < 4.78 is 5.08. The number of imide groups is 1. The van der Waals surface area contributed by atoms with Crippen molar-refractivity contribution in [2.75, 3.05) is 43.6 Å². The normalized spacial score (nSPS) is 17.6. The number of hydrogen-bond donors (Lipinski definition) is 1. The molecule has 0 radical (unpaired) electrons. The van der Waals surface area contributed by atoms with Crippen LogP contribution in [0.15, 0.2) is 60.3 Å². The lowest BCUT2D eigenvalue weighted by molar-refractivity contribution is -0.137. The summed E-state index contributed by atoms with van der Waals surface area (Å²) in [6, 6.07) is 17.4. The van der Waals surface area contributed by atoms with E-state index in [0.717, 1.165) is 30.3 Å². The second kappa shape index (κ2) is 9.35. The van der Waals surface area contributed by atoms with Crippen LogP contribution in [0.3, 0.4) is 0 Å². The molecule has 0 bridgehead atoms. The highest BCUT2D eigenvalue weighted by Gasteiger charge is 2.38. The van der Waals surface area contributed by atoms with Gasteiger partial charge in [-0.1, -0.05) is 37.3 Å². The molecule has 0 spiro atoms. The number of benzene rings is 2. The Kier molecular flexibility index (Phi) is 6.37. The average Bonchev–Trinajstić information content (AvgIpc) is 3.03. The van der Waals surface area contributed by atoms with Gasteiger partial charge in [0.2, 0.25) is 0 Å². The number of nitrogens with zero attached hydrogens (tertiary/aromatic N) is 2. The Morgan fingerprint density at radius 1 is 0.968 bits per heavy atom. The van der Waals surface area contributed by atoms with E-state index in [4.69, 9.17) is 4.74 Å². The first-order chi connectivity index (χ1) is 15.1. The average molecular weight is 420 g/mol. The summed E-state index contributed by atoms with van der Waals surface area (Å²) in [7, 11) is 1.56. The first kappa shape index (κ1) is 21.1. The molecule has 1 N–H and O–H groups in total. The van der Waals surface area contributed by atoms with Crippen molar-refractivity contribution in [2.24, 2.45) is 5.92 Å². The zero-order valence-corrected chi connectivity index (χ0v) is 18.1. The van der Waals surface area contributed by atoms with Crippen molar-refractivity contribution in [1.82, 2.24) is 4.90 Å². The first-order valence-electron chi connectivity index (χ1n) is 10.9. The third-order valence-electron chi connectivity index (χ3n) is 6.03. The van der Waals surface area contributed by atoms with Crippen molar-refractivity contribution < 1.29 is 14.3 Å². The standard InChI is InChI=1S/C25H29N3O3/c1-18-12-14-27(15-13-18)21-10-8-20(9-11-21)26-23-22(19-6-4-3-5-7-19)24(29)28(25(23)30)16-17-31-2/h3-11,18,26H,12-17H2,1-2H3. The monoisotopic (exact) mass is 419 g/mol. The molecule has 2 heterocycles. The smallest absolute Gasteiger partial charge is 0.278 e. The summed E-state index contributed by atoms with van der Waals surface area (Å²) in [4.78, 5) is 29.8. The van der Waals surface area contributed by atoms with Crippen LogP contribution >= 0.6 is 0 Å². The predicted octanol–water partition coefficient (Wildman–Crippen LogP) is 3.76. The molecule has 0 aromatic heterocycles. The summed E-state index contributed by atoms with van der Waals surface area (Å²) in [6.07, 6.45) is 2.42. The van der Waals surface area contributed by atoms with Gasteiger partial charge in [-0.05, 0) is 48.6 Å². The molecule has 31 heavy (non-hydrogen) atoms. The molecule has 1 saturated heterocycles. The van der Waals surface area contributed by atoms with Gasteiger partial charge in [-0.15, -0.1) is 0 Å². The Morgan fingerprint density at radius 2 is 1.65 bits per heavy atom. The van der Waals surface area contributed by atoms with E-state index in [1.165, 1.54) is 23.4 Å². The number of hydrogen-bond acceptors (Lipinski definition) is 5. The van der Waals surface area contributed by atoms with Gasteiger partial charge in [-0.25, -0.2) is 0 Å². The maximum Gasteiger partial charge on any atom is 0.278 e. The number of carbonyl (C=O) groups is 2. The molecule has 0 aliphatic carbocycles. The van der Waals surface area contributed by atoms with Crippen molar-refractivity contribution in [3.63, 3.8) is 0 Å². The summed E-state index contributed by atoms with van der Waals surface area (Å²) in [5.41, 5.74) is 3.41. The number of piperidine rings is 1. The lowest BCUT2D eigenvalue weighted by atomic mass is 9.99. The molecule has 4 rings (SSSR count).